The van der Waals surface area contributed by atoms with Gasteiger partial charge in [-0.15, -0.1) is 5.10 Å². The van der Waals surface area contributed by atoms with Gasteiger partial charge in [0.15, 0.2) is 5.75 Å². The monoisotopic (exact) mass is 227 g/mol. The van der Waals surface area contributed by atoms with E-state index in [0.717, 1.165) is 11.0 Å². The highest BCUT2D eigenvalue weighted by molar-refractivity contribution is 5.73. The summed E-state index contributed by atoms with van der Waals surface area (Å²) in [5, 5.41) is 17.2. The number of hydrogen-bond donors (Lipinski definition) is 1. The number of aromatic hydroxyl groups is 1. The number of rotatable bonds is 2. The van der Waals surface area contributed by atoms with Gasteiger partial charge >= 0.3 is 0 Å². The molecule has 0 spiro atoms. The normalized spacial score (nSPS) is 10.6. The van der Waals surface area contributed by atoms with Crippen LogP contribution in [-0.2, 0) is 0 Å². The van der Waals surface area contributed by atoms with Gasteiger partial charge in [-0.25, -0.2) is 0 Å². The van der Waals surface area contributed by atoms with Crippen LogP contribution < -0.4 is 4.84 Å². The number of nitrogens with zero attached hydrogens (tertiary/aromatic N) is 3. The van der Waals surface area contributed by atoms with E-state index >= 15 is 0 Å². The minimum atomic E-state index is 0.145. The highest BCUT2D eigenvalue weighted by Gasteiger charge is 2.05. The van der Waals surface area contributed by atoms with Crippen molar-refractivity contribution in [1.82, 2.24) is 15.2 Å². The molecule has 0 amide bonds. The molecule has 84 valence electrons. The quantitative estimate of drug-likeness (QED) is 0.727. The third kappa shape index (κ3) is 1.78. The fourth-order valence-corrected chi connectivity index (χ4v) is 1.56. The average Bonchev–Trinajstić information content (AvgIpc) is 2.73. The summed E-state index contributed by atoms with van der Waals surface area (Å²) >= 11 is 0. The molecule has 0 saturated carbocycles. The summed E-state index contributed by atoms with van der Waals surface area (Å²) in [7, 11) is 0. The number of phenolic OH excluding ortho intramolecular Hbond substituents is 1. The predicted octanol–water partition coefficient (Wildman–Crippen LogP) is 1.98. The molecule has 1 aromatic heterocycles. The lowest BCUT2D eigenvalue weighted by molar-refractivity contribution is 0.183. The van der Waals surface area contributed by atoms with Crippen molar-refractivity contribution in [1.29, 1.82) is 0 Å². The Labute approximate surface area is 96.8 Å². The number of phenols is 1. The standard InChI is InChI=1S/C12H9N3O2/c16-9-4-3-5-10(8-9)17-15-12-7-2-1-6-11(12)13-14-15/h1-8,16H. The molecular formula is C12H9N3O2. The van der Waals surface area contributed by atoms with Crippen LogP contribution in [0.2, 0.25) is 0 Å². The molecule has 0 unspecified atom stereocenters. The Morgan fingerprint density at radius 2 is 1.94 bits per heavy atom. The van der Waals surface area contributed by atoms with Crippen molar-refractivity contribution in [3.05, 3.63) is 48.5 Å². The first-order valence-corrected chi connectivity index (χ1v) is 5.11. The SMILES string of the molecule is Oc1cccc(On2nnc3ccccc32)c1. The molecule has 2 aromatic carbocycles. The van der Waals surface area contributed by atoms with Gasteiger partial charge in [-0.05, 0) is 29.5 Å². The van der Waals surface area contributed by atoms with E-state index in [1.165, 1.54) is 10.9 Å². The molecule has 0 saturated heterocycles. The molecule has 3 aromatic rings. The van der Waals surface area contributed by atoms with Gasteiger partial charge in [-0.2, -0.15) is 0 Å². The van der Waals surface area contributed by atoms with Crippen molar-refractivity contribution >= 4 is 11.0 Å². The smallest absolute Gasteiger partial charge is 0.161 e. The number of fused-ring (bicyclic) bond motifs is 1. The molecule has 0 atom stereocenters. The van der Waals surface area contributed by atoms with Crippen LogP contribution in [0.25, 0.3) is 11.0 Å². The molecular weight excluding hydrogens is 218 g/mol. The molecule has 0 aliphatic carbocycles. The van der Waals surface area contributed by atoms with Crippen molar-refractivity contribution in [2.45, 2.75) is 0 Å². The number of hydrogen-bond acceptors (Lipinski definition) is 4. The van der Waals surface area contributed by atoms with Gasteiger partial charge in [-0.1, -0.05) is 23.0 Å². The van der Waals surface area contributed by atoms with Crippen LogP contribution in [-0.4, -0.2) is 20.3 Å². The van der Waals surface area contributed by atoms with E-state index in [-0.39, 0.29) is 5.75 Å². The molecule has 1 N–H and O–H groups in total. The first-order valence-electron chi connectivity index (χ1n) is 5.11. The third-order valence-corrected chi connectivity index (χ3v) is 2.33. The maximum Gasteiger partial charge on any atom is 0.161 e. The second-order valence-corrected chi connectivity index (χ2v) is 3.54. The highest BCUT2D eigenvalue weighted by atomic mass is 16.7. The summed E-state index contributed by atoms with van der Waals surface area (Å²) in [5.74, 6) is 0.646. The molecule has 1 heterocycles. The summed E-state index contributed by atoms with van der Waals surface area (Å²) in [5.41, 5.74) is 1.53. The maximum absolute atomic E-state index is 9.33. The van der Waals surface area contributed by atoms with Gasteiger partial charge < -0.3 is 9.94 Å². The second kappa shape index (κ2) is 3.79. The van der Waals surface area contributed by atoms with Crippen LogP contribution in [0.3, 0.4) is 0 Å². The Kier molecular flexibility index (Phi) is 2.15. The van der Waals surface area contributed by atoms with Gasteiger partial charge in [-0.3, -0.25) is 0 Å². The molecule has 0 fully saturated rings. The Hall–Kier alpha value is -2.56. The van der Waals surface area contributed by atoms with Gasteiger partial charge in [0.1, 0.15) is 16.8 Å². The first kappa shape index (κ1) is 9.65. The van der Waals surface area contributed by atoms with Crippen LogP contribution >= 0.6 is 0 Å². The van der Waals surface area contributed by atoms with Gasteiger partial charge in [0.2, 0.25) is 0 Å². The van der Waals surface area contributed by atoms with Crippen molar-refractivity contribution in [2.24, 2.45) is 0 Å². The Morgan fingerprint density at radius 3 is 2.82 bits per heavy atom. The van der Waals surface area contributed by atoms with Gasteiger partial charge in [0, 0.05) is 6.07 Å². The fourth-order valence-electron chi connectivity index (χ4n) is 1.56. The third-order valence-electron chi connectivity index (χ3n) is 2.33. The van der Waals surface area contributed by atoms with E-state index in [0.29, 0.717) is 5.75 Å². The molecule has 3 rings (SSSR count). The molecule has 5 heteroatoms. The minimum absolute atomic E-state index is 0.145. The molecule has 0 radical (unpaired) electrons. The zero-order valence-electron chi connectivity index (χ0n) is 8.82. The summed E-state index contributed by atoms with van der Waals surface area (Å²) in [4.78, 5) is 6.82. The molecule has 5 nitrogen and oxygen atoms in total. The Morgan fingerprint density at radius 1 is 1.06 bits per heavy atom. The van der Waals surface area contributed by atoms with E-state index in [4.69, 9.17) is 4.84 Å². The van der Waals surface area contributed by atoms with E-state index in [9.17, 15) is 5.11 Å². The number of aromatic nitrogens is 3. The van der Waals surface area contributed by atoms with E-state index in [1.54, 1.807) is 18.2 Å². The lowest BCUT2D eigenvalue weighted by atomic mass is 10.3. The summed E-state index contributed by atoms with van der Waals surface area (Å²) in [6, 6.07) is 14.0. The van der Waals surface area contributed by atoms with Gasteiger partial charge in [0.05, 0.1) is 0 Å². The second-order valence-electron chi connectivity index (χ2n) is 3.54. The largest absolute Gasteiger partial charge is 0.508 e. The Balaban J connectivity index is 2.00. The zero-order valence-corrected chi connectivity index (χ0v) is 8.82. The van der Waals surface area contributed by atoms with E-state index < -0.39 is 0 Å². The molecule has 0 aliphatic rings. The predicted molar refractivity (Wildman–Crippen MR) is 61.7 cm³/mol. The average molecular weight is 227 g/mol. The minimum Gasteiger partial charge on any atom is -0.508 e. The van der Waals surface area contributed by atoms with Crippen molar-refractivity contribution < 1.29 is 9.94 Å². The van der Waals surface area contributed by atoms with Gasteiger partial charge in [0.25, 0.3) is 0 Å². The topological polar surface area (TPSA) is 60.2 Å². The summed E-state index contributed by atoms with van der Waals surface area (Å²) < 4.78 is 0. The number of para-hydroxylation sites is 1. The summed E-state index contributed by atoms with van der Waals surface area (Å²) in [6.45, 7) is 0. The van der Waals surface area contributed by atoms with E-state index in [1.807, 2.05) is 24.3 Å². The van der Waals surface area contributed by atoms with Crippen LogP contribution in [0, 0.1) is 0 Å². The van der Waals surface area contributed by atoms with Crippen molar-refractivity contribution in [3.8, 4) is 11.5 Å². The first-order chi connectivity index (χ1) is 8.33. The molecule has 0 aliphatic heterocycles. The van der Waals surface area contributed by atoms with Crippen molar-refractivity contribution in [3.63, 3.8) is 0 Å². The van der Waals surface area contributed by atoms with Crippen LogP contribution in [0.15, 0.2) is 48.5 Å². The lowest BCUT2D eigenvalue weighted by Crippen LogP contribution is -2.06. The van der Waals surface area contributed by atoms with E-state index in [2.05, 4.69) is 10.3 Å². The molecule has 0 bridgehead atoms. The highest BCUT2D eigenvalue weighted by Crippen LogP contribution is 2.19. The summed E-state index contributed by atoms with van der Waals surface area (Å²) in [6.07, 6.45) is 0. The number of benzene rings is 2. The molecule has 17 heavy (non-hydrogen) atoms. The van der Waals surface area contributed by atoms with Crippen LogP contribution in [0.5, 0.6) is 11.5 Å². The lowest BCUT2D eigenvalue weighted by Gasteiger charge is -2.04. The Bertz CT molecular complexity index is 663. The zero-order chi connectivity index (χ0) is 11.7. The maximum atomic E-state index is 9.33. The van der Waals surface area contributed by atoms with Crippen LogP contribution in [0.4, 0.5) is 0 Å². The van der Waals surface area contributed by atoms with Crippen molar-refractivity contribution in [2.75, 3.05) is 0 Å². The van der Waals surface area contributed by atoms with Crippen LogP contribution in [0.1, 0.15) is 0 Å². The fraction of sp³-hybridized carbons (Fsp3) is 0.